The number of benzene rings is 1. The zero-order chi connectivity index (χ0) is 20.7. The number of ether oxygens (including phenoxy) is 2. The van der Waals surface area contributed by atoms with Crippen molar-refractivity contribution in [2.24, 2.45) is 4.99 Å². The minimum atomic E-state index is -0.577. The van der Waals surface area contributed by atoms with Crippen LogP contribution in [-0.2, 0) is 4.74 Å². The van der Waals surface area contributed by atoms with E-state index in [1.165, 1.54) is 18.7 Å². The van der Waals surface area contributed by atoms with Gasteiger partial charge in [-0.25, -0.2) is 14.8 Å². The van der Waals surface area contributed by atoms with Crippen molar-refractivity contribution in [3.05, 3.63) is 42.4 Å². The molecule has 148 valence electrons. The molecule has 9 heteroatoms. The van der Waals surface area contributed by atoms with Gasteiger partial charge < -0.3 is 14.4 Å². The lowest BCUT2D eigenvalue weighted by Gasteiger charge is -2.19. The number of carbonyl (C=O) groups excluding carboxylic acids is 2. The number of rotatable bonds is 5. The Kier molecular flexibility index (Phi) is 6.64. The largest absolute Gasteiger partial charge is 0.444 e. The Bertz CT molecular complexity index is 857. The summed E-state index contributed by atoms with van der Waals surface area (Å²) in [6.45, 7) is 5.36. The van der Waals surface area contributed by atoms with Gasteiger partial charge in [-0.3, -0.25) is 10.1 Å². The predicted molar refractivity (Wildman–Crippen MR) is 105 cm³/mol. The molecule has 0 aliphatic rings. The van der Waals surface area contributed by atoms with Crippen molar-refractivity contribution >= 4 is 24.0 Å². The van der Waals surface area contributed by atoms with Gasteiger partial charge in [0, 0.05) is 25.8 Å². The molecule has 0 radical (unpaired) electrons. The number of aliphatic imine (C=N–C) groups is 1. The Morgan fingerprint density at radius 2 is 1.82 bits per heavy atom. The van der Waals surface area contributed by atoms with E-state index in [9.17, 15) is 9.59 Å². The first-order valence-corrected chi connectivity index (χ1v) is 8.47. The summed E-state index contributed by atoms with van der Waals surface area (Å²) in [5.41, 5.74) is 0.0933. The second-order valence-corrected chi connectivity index (χ2v) is 7.01. The van der Waals surface area contributed by atoms with E-state index in [-0.39, 0.29) is 11.6 Å². The number of nitrogens with zero attached hydrogens (tertiary/aromatic N) is 4. The molecule has 0 aliphatic carbocycles. The number of anilines is 1. The molecule has 0 unspecified atom stereocenters. The summed E-state index contributed by atoms with van der Waals surface area (Å²) in [5, 5.41) is 2.63. The number of hydrogen-bond acceptors (Lipinski definition) is 6. The first-order chi connectivity index (χ1) is 13.1. The third kappa shape index (κ3) is 7.02. The normalized spacial score (nSPS) is 11.2. The van der Waals surface area contributed by atoms with E-state index >= 15 is 0 Å². The topological polar surface area (TPSA) is 106 Å². The lowest BCUT2D eigenvalue weighted by atomic mass is 10.2. The molecule has 0 aliphatic heterocycles. The molecular weight excluding hydrogens is 362 g/mol. The van der Waals surface area contributed by atoms with Crippen LogP contribution in [-0.4, -0.2) is 52.9 Å². The van der Waals surface area contributed by atoms with E-state index in [4.69, 9.17) is 9.47 Å². The quantitative estimate of drug-likeness (QED) is 0.621. The summed E-state index contributed by atoms with van der Waals surface area (Å²) in [6, 6.07) is 8.03. The molecule has 9 nitrogen and oxygen atoms in total. The SMILES string of the molecule is CN(C)/C=N/C(=O)c1cc(Oc2ccc(NC(=O)OC(C)(C)C)cc2)ncn1. The number of carbonyl (C=O) groups is 2. The second-order valence-electron chi connectivity index (χ2n) is 7.01. The van der Waals surface area contributed by atoms with Gasteiger partial charge in [-0.05, 0) is 45.0 Å². The second kappa shape index (κ2) is 8.94. The van der Waals surface area contributed by atoms with Crippen molar-refractivity contribution in [2.75, 3.05) is 19.4 Å². The van der Waals surface area contributed by atoms with Gasteiger partial charge in [-0.1, -0.05) is 0 Å². The number of amides is 2. The zero-order valence-electron chi connectivity index (χ0n) is 16.5. The minimum Gasteiger partial charge on any atom is -0.444 e. The van der Waals surface area contributed by atoms with Crippen LogP contribution in [0.2, 0.25) is 0 Å². The molecular formula is C19H23N5O4. The molecule has 0 atom stereocenters. The van der Waals surface area contributed by atoms with Crippen LogP contribution >= 0.6 is 0 Å². The maximum Gasteiger partial charge on any atom is 0.412 e. The van der Waals surface area contributed by atoms with Crippen LogP contribution in [0.15, 0.2) is 41.7 Å². The molecule has 0 bridgehead atoms. The van der Waals surface area contributed by atoms with E-state index in [0.29, 0.717) is 11.4 Å². The molecule has 1 N–H and O–H groups in total. The highest BCUT2D eigenvalue weighted by atomic mass is 16.6. The fraction of sp³-hybridized carbons (Fsp3) is 0.316. The highest BCUT2D eigenvalue weighted by Crippen LogP contribution is 2.22. The van der Waals surface area contributed by atoms with E-state index in [0.717, 1.165) is 0 Å². The molecule has 1 aromatic heterocycles. The van der Waals surface area contributed by atoms with Crippen molar-refractivity contribution < 1.29 is 19.1 Å². The summed E-state index contributed by atoms with van der Waals surface area (Å²) < 4.78 is 10.8. The average molecular weight is 385 g/mol. The first kappa shape index (κ1) is 20.8. The smallest absolute Gasteiger partial charge is 0.412 e. The van der Waals surface area contributed by atoms with Crippen LogP contribution in [0, 0.1) is 0 Å². The van der Waals surface area contributed by atoms with Gasteiger partial charge in [0.15, 0.2) is 0 Å². The Hall–Kier alpha value is -3.49. The molecule has 2 rings (SSSR count). The summed E-state index contributed by atoms with van der Waals surface area (Å²) in [7, 11) is 3.51. The minimum absolute atomic E-state index is 0.117. The third-order valence-corrected chi connectivity index (χ3v) is 2.99. The molecule has 0 saturated carbocycles. The van der Waals surface area contributed by atoms with Gasteiger partial charge >= 0.3 is 6.09 Å². The molecule has 28 heavy (non-hydrogen) atoms. The van der Waals surface area contributed by atoms with Crippen LogP contribution in [0.5, 0.6) is 11.6 Å². The van der Waals surface area contributed by atoms with Crippen LogP contribution < -0.4 is 10.1 Å². The molecule has 0 saturated heterocycles. The van der Waals surface area contributed by atoms with Gasteiger partial charge in [-0.15, -0.1) is 0 Å². The number of nitrogens with one attached hydrogen (secondary N) is 1. The Balaban J connectivity index is 2.01. The standard InChI is InChI=1S/C19H23N5O4/c1-19(2,3)28-18(26)23-13-6-8-14(9-7-13)27-16-10-15(20-11-21-16)17(25)22-12-24(4)5/h6-12H,1-5H3,(H,23,26)/b22-12+. The van der Waals surface area contributed by atoms with E-state index in [1.807, 2.05) is 0 Å². The van der Waals surface area contributed by atoms with Crippen molar-refractivity contribution in [2.45, 2.75) is 26.4 Å². The first-order valence-electron chi connectivity index (χ1n) is 8.47. The molecule has 1 heterocycles. The summed E-state index contributed by atoms with van der Waals surface area (Å²) in [5.74, 6) is 0.174. The fourth-order valence-corrected chi connectivity index (χ4v) is 1.89. The van der Waals surface area contributed by atoms with Crippen molar-refractivity contribution in [3.63, 3.8) is 0 Å². The molecule has 2 amide bonds. The Morgan fingerprint density at radius 3 is 2.43 bits per heavy atom. The van der Waals surface area contributed by atoms with Crippen LogP contribution in [0.4, 0.5) is 10.5 Å². The predicted octanol–water partition coefficient (Wildman–Crippen LogP) is 3.35. The van der Waals surface area contributed by atoms with Gasteiger partial charge in [0.1, 0.15) is 23.4 Å². The highest BCUT2D eigenvalue weighted by Gasteiger charge is 2.16. The van der Waals surface area contributed by atoms with Gasteiger partial charge in [-0.2, -0.15) is 4.99 Å². The highest BCUT2D eigenvalue weighted by molar-refractivity contribution is 5.97. The molecule has 1 aromatic carbocycles. The van der Waals surface area contributed by atoms with Crippen molar-refractivity contribution in [3.8, 4) is 11.6 Å². The third-order valence-electron chi connectivity index (χ3n) is 2.99. The van der Waals surface area contributed by atoms with Crippen molar-refractivity contribution in [1.82, 2.24) is 14.9 Å². The van der Waals surface area contributed by atoms with E-state index < -0.39 is 17.6 Å². The zero-order valence-corrected chi connectivity index (χ0v) is 16.5. The van der Waals surface area contributed by atoms with Crippen LogP contribution in [0.1, 0.15) is 31.3 Å². The molecule has 0 spiro atoms. The van der Waals surface area contributed by atoms with Crippen molar-refractivity contribution in [1.29, 1.82) is 0 Å². The summed E-state index contributed by atoms with van der Waals surface area (Å²) >= 11 is 0. The molecule has 0 fully saturated rings. The van der Waals surface area contributed by atoms with Gasteiger partial charge in [0.25, 0.3) is 5.91 Å². The number of aromatic nitrogens is 2. The van der Waals surface area contributed by atoms with Gasteiger partial charge in [0.05, 0.1) is 6.34 Å². The van der Waals surface area contributed by atoms with E-state index in [2.05, 4.69) is 20.3 Å². The van der Waals surface area contributed by atoms with Crippen LogP contribution in [0.25, 0.3) is 0 Å². The maximum atomic E-state index is 12.0. The Labute approximate surface area is 163 Å². The number of hydrogen-bond donors (Lipinski definition) is 1. The van der Waals surface area contributed by atoms with E-state index in [1.54, 1.807) is 64.0 Å². The summed E-state index contributed by atoms with van der Waals surface area (Å²) in [6.07, 6.45) is 2.08. The lowest BCUT2D eigenvalue weighted by molar-refractivity contribution is 0.0635. The maximum absolute atomic E-state index is 12.0. The monoisotopic (exact) mass is 385 g/mol. The average Bonchev–Trinajstić information content (AvgIpc) is 2.60. The Morgan fingerprint density at radius 1 is 1.14 bits per heavy atom. The summed E-state index contributed by atoms with van der Waals surface area (Å²) in [4.78, 5) is 37.0. The lowest BCUT2D eigenvalue weighted by Crippen LogP contribution is -2.27. The molecule has 2 aromatic rings. The van der Waals surface area contributed by atoms with Crippen LogP contribution in [0.3, 0.4) is 0 Å². The fourth-order valence-electron chi connectivity index (χ4n) is 1.89. The van der Waals surface area contributed by atoms with Gasteiger partial charge in [0.2, 0.25) is 5.88 Å².